The van der Waals surface area contributed by atoms with Crippen LogP contribution in [0.15, 0.2) is 39.3 Å². The molecule has 0 aliphatic heterocycles. The molecular formula is C14H11Br2Cl2NO. The van der Waals surface area contributed by atoms with Gasteiger partial charge in [-0.25, -0.2) is 0 Å². The molecule has 20 heavy (non-hydrogen) atoms. The fourth-order valence-corrected chi connectivity index (χ4v) is 3.48. The number of halogens is 4. The number of hydrogen-bond donors (Lipinski definition) is 1. The second-order valence-electron chi connectivity index (χ2n) is 4.13. The molecular weight excluding hydrogens is 429 g/mol. The van der Waals surface area contributed by atoms with Gasteiger partial charge in [-0.15, -0.1) is 0 Å². The van der Waals surface area contributed by atoms with Gasteiger partial charge in [0.15, 0.2) is 0 Å². The van der Waals surface area contributed by atoms with E-state index in [1.165, 1.54) is 0 Å². The summed E-state index contributed by atoms with van der Waals surface area (Å²) in [5.74, 6) is 0.730. The smallest absolute Gasteiger partial charge is 0.148 e. The molecule has 2 aromatic carbocycles. The van der Waals surface area contributed by atoms with Crippen LogP contribution in [0.4, 0.5) is 0 Å². The van der Waals surface area contributed by atoms with Gasteiger partial charge < -0.3 is 10.5 Å². The lowest BCUT2D eigenvalue weighted by molar-refractivity contribution is 0.302. The zero-order valence-corrected chi connectivity index (χ0v) is 15.0. The molecule has 106 valence electrons. The van der Waals surface area contributed by atoms with Crippen LogP contribution < -0.4 is 10.5 Å². The Hall–Kier alpha value is -0.260. The van der Waals surface area contributed by atoms with Crippen LogP contribution in [0.5, 0.6) is 5.75 Å². The Morgan fingerprint density at radius 2 is 1.60 bits per heavy atom. The summed E-state index contributed by atoms with van der Waals surface area (Å²) in [6.07, 6.45) is 0. The van der Waals surface area contributed by atoms with Gasteiger partial charge in [-0.1, -0.05) is 29.3 Å². The van der Waals surface area contributed by atoms with Crippen molar-refractivity contribution in [1.82, 2.24) is 0 Å². The Kier molecular flexibility index (Phi) is 5.75. The van der Waals surface area contributed by atoms with Crippen LogP contribution in [-0.2, 0) is 13.2 Å². The molecule has 2 nitrogen and oxygen atoms in total. The van der Waals surface area contributed by atoms with Crippen molar-refractivity contribution in [2.24, 2.45) is 5.73 Å². The van der Waals surface area contributed by atoms with Crippen LogP contribution in [0.1, 0.15) is 11.1 Å². The molecule has 0 saturated carbocycles. The summed E-state index contributed by atoms with van der Waals surface area (Å²) in [5.41, 5.74) is 7.59. The predicted molar refractivity (Wildman–Crippen MR) is 90.5 cm³/mol. The minimum Gasteiger partial charge on any atom is -0.487 e. The monoisotopic (exact) mass is 437 g/mol. The molecule has 6 heteroatoms. The highest BCUT2D eigenvalue weighted by molar-refractivity contribution is 9.11. The van der Waals surface area contributed by atoms with E-state index in [2.05, 4.69) is 31.9 Å². The molecule has 2 N–H and O–H groups in total. The van der Waals surface area contributed by atoms with E-state index in [1.807, 2.05) is 18.2 Å². The van der Waals surface area contributed by atoms with E-state index in [0.717, 1.165) is 25.8 Å². The highest BCUT2D eigenvalue weighted by atomic mass is 79.9. The van der Waals surface area contributed by atoms with E-state index < -0.39 is 0 Å². The first kappa shape index (κ1) is 16.1. The van der Waals surface area contributed by atoms with Crippen LogP contribution in [0.3, 0.4) is 0 Å². The van der Waals surface area contributed by atoms with Gasteiger partial charge in [-0.3, -0.25) is 0 Å². The van der Waals surface area contributed by atoms with E-state index in [9.17, 15) is 0 Å². The Balaban J connectivity index is 2.16. The third-order valence-corrected chi connectivity index (χ3v) is 4.58. The summed E-state index contributed by atoms with van der Waals surface area (Å²) in [5, 5.41) is 1.05. The standard InChI is InChI=1S/C14H11Br2Cl2NO/c15-10-3-9(6-19)4-11(16)14(10)20-7-8-1-2-12(17)13(18)5-8/h1-5H,6-7,19H2. The molecule has 0 fully saturated rings. The third kappa shape index (κ3) is 3.89. The molecule has 0 radical (unpaired) electrons. The lowest BCUT2D eigenvalue weighted by Crippen LogP contribution is -2.00. The van der Waals surface area contributed by atoms with Gasteiger partial charge in [-0.05, 0) is 67.3 Å². The summed E-state index contributed by atoms with van der Waals surface area (Å²) >= 11 is 18.8. The molecule has 0 saturated heterocycles. The lowest BCUT2D eigenvalue weighted by Gasteiger charge is -2.12. The second-order valence-corrected chi connectivity index (χ2v) is 6.65. The van der Waals surface area contributed by atoms with Gasteiger partial charge in [0.2, 0.25) is 0 Å². The van der Waals surface area contributed by atoms with Crippen molar-refractivity contribution in [2.45, 2.75) is 13.2 Å². The number of ether oxygens (including phenoxy) is 1. The first-order valence-corrected chi connectivity index (χ1v) is 8.10. The van der Waals surface area contributed by atoms with Crippen molar-refractivity contribution >= 4 is 55.1 Å². The maximum absolute atomic E-state index is 5.98. The van der Waals surface area contributed by atoms with Crippen LogP contribution in [-0.4, -0.2) is 0 Å². The predicted octanol–water partition coefficient (Wildman–Crippen LogP) is 5.56. The first-order chi connectivity index (χ1) is 9.51. The zero-order chi connectivity index (χ0) is 14.7. The average molecular weight is 440 g/mol. The lowest BCUT2D eigenvalue weighted by atomic mass is 10.2. The minimum absolute atomic E-state index is 0.399. The van der Waals surface area contributed by atoms with Gasteiger partial charge in [-0.2, -0.15) is 0 Å². The zero-order valence-electron chi connectivity index (χ0n) is 10.3. The largest absolute Gasteiger partial charge is 0.487 e. The summed E-state index contributed by atoms with van der Waals surface area (Å²) < 4.78 is 7.52. The molecule has 0 aromatic heterocycles. The average Bonchev–Trinajstić information content (AvgIpc) is 2.41. The SMILES string of the molecule is NCc1cc(Br)c(OCc2ccc(Cl)c(Cl)c2)c(Br)c1. The van der Waals surface area contributed by atoms with Gasteiger partial charge in [0.1, 0.15) is 12.4 Å². The molecule has 0 spiro atoms. The molecule has 2 rings (SSSR count). The van der Waals surface area contributed by atoms with E-state index >= 15 is 0 Å². The molecule has 0 atom stereocenters. The fraction of sp³-hybridized carbons (Fsp3) is 0.143. The van der Waals surface area contributed by atoms with Crippen molar-refractivity contribution < 1.29 is 4.74 Å². The number of hydrogen-bond acceptors (Lipinski definition) is 2. The molecule has 0 aliphatic carbocycles. The highest BCUT2D eigenvalue weighted by Crippen LogP contribution is 2.35. The van der Waals surface area contributed by atoms with Crippen molar-refractivity contribution in [3.63, 3.8) is 0 Å². The van der Waals surface area contributed by atoms with E-state index in [4.69, 9.17) is 33.7 Å². The van der Waals surface area contributed by atoms with Crippen LogP contribution >= 0.6 is 55.1 Å². The van der Waals surface area contributed by atoms with Crippen molar-refractivity contribution in [1.29, 1.82) is 0 Å². The Morgan fingerprint density at radius 1 is 0.950 bits per heavy atom. The van der Waals surface area contributed by atoms with Crippen molar-refractivity contribution in [2.75, 3.05) is 0 Å². The summed E-state index contributed by atoms with van der Waals surface area (Å²) in [7, 11) is 0. The first-order valence-electron chi connectivity index (χ1n) is 5.76. The number of nitrogens with two attached hydrogens (primary N) is 1. The number of benzene rings is 2. The van der Waals surface area contributed by atoms with E-state index in [0.29, 0.717) is 23.2 Å². The van der Waals surface area contributed by atoms with E-state index in [1.54, 1.807) is 12.1 Å². The van der Waals surface area contributed by atoms with Crippen molar-refractivity contribution in [3.05, 3.63) is 60.4 Å². The molecule has 2 aromatic rings. The molecule has 0 heterocycles. The Bertz CT molecular complexity index is 612. The Morgan fingerprint density at radius 3 is 2.15 bits per heavy atom. The van der Waals surface area contributed by atoms with Gasteiger partial charge in [0.25, 0.3) is 0 Å². The summed E-state index contributed by atoms with van der Waals surface area (Å²) in [6.45, 7) is 0.875. The third-order valence-electron chi connectivity index (χ3n) is 2.66. The van der Waals surface area contributed by atoms with Crippen molar-refractivity contribution in [3.8, 4) is 5.75 Å². The second kappa shape index (κ2) is 7.14. The van der Waals surface area contributed by atoms with Crippen LogP contribution in [0.25, 0.3) is 0 Å². The molecule has 0 bridgehead atoms. The quantitative estimate of drug-likeness (QED) is 0.677. The number of rotatable bonds is 4. The molecule has 0 aliphatic rings. The minimum atomic E-state index is 0.399. The van der Waals surface area contributed by atoms with Gasteiger partial charge in [0, 0.05) is 6.54 Å². The van der Waals surface area contributed by atoms with Crippen LogP contribution in [0, 0.1) is 0 Å². The fourth-order valence-electron chi connectivity index (χ4n) is 1.65. The molecule has 0 unspecified atom stereocenters. The normalized spacial score (nSPS) is 10.7. The maximum atomic E-state index is 5.98. The van der Waals surface area contributed by atoms with Gasteiger partial charge >= 0.3 is 0 Å². The Labute approximate surface area is 144 Å². The summed E-state index contributed by atoms with van der Waals surface area (Å²) in [6, 6.07) is 9.30. The van der Waals surface area contributed by atoms with Crippen LogP contribution in [0.2, 0.25) is 10.0 Å². The summed E-state index contributed by atoms with van der Waals surface area (Å²) in [4.78, 5) is 0. The topological polar surface area (TPSA) is 35.2 Å². The highest BCUT2D eigenvalue weighted by Gasteiger charge is 2.09. The van der Waals surface area contributed by atoms with E-state index in [-0.39, 0.29) is 0 Å². The molecule has 0 amide bonds. The van der Waals surface area contributed by atoms with Gasteiger partial charge in [0.05, 0.1) is 19.0 Å². The maximum Gasteiger partial charge on any atom is 0.148 e.